The highest BCUT2D eigenvalue weighted by molar-refractivity contribution is 5.91. The highest BCUT2D eigenvalue weighted by Crippen LogP contribution is 2.01. The van der Waals surface area contributed by atoms with E-state index in [1.54, 1.807) is 7.05 Å². The highest BCUT2D eigenvalue weighted by Gasteiger charge is 2.18. The normalized spacial score (nSPS) is 9.60. The second-order valence-corrected chi connectivity index (χ2v) is 3.45. The topological polar surface area (TPSA) is 40.6 Å². The summed E-state index contributed by atoms with van der Waals surface area (Å²) in [6.45, 7) is 10.6. The summed E-state index contributed by atoms with van der Waals surface area (Å²) in [4.78, 5) is 25.8. The van der Waals surface area contributed by atoms with E-state index in [0.29, 0.717) is 0 Å². The Morgan fingerprint density at radius 3 is 2.20 bits per heavy atom. The van der Waals surface area contributed by atoms with Crippen LogP contribution in [0.1, 0.15) is 13.8 Å². The van der Waals surface area contributed by atoms with Crippen molar-refractivity contribution in [3.05, 3.63) is 25.4 Å². The Kier molecular flexibility index (Phi) is 5.37. The Labute approximate surface area is 90.9 Å². The third kappa shape index (κ3) is 3.97. The highest BCUT2D eigenvalue weighted by atomic mass is 16.2. The predicted molar refractivity (Wildman–Crippen MR) is 60.0 cm³/mol. The van der Waals surface area contributed by atoms with E-state index in [0.717, 1.165) is 0 Å². The molecule has 15 heavy (non-hydrogen) atoms. The first kappa shape index (κ1) is 13.4. The monoisotopic (exact) mass is 210 g/mol. The summed E-state index contributed by atoms with van der Waals surface area (Å²) >= 11 is 0. The molecule has 0 radical (unpaired) electrons. The molecule has 0 aromatic heterocycles. The maximum atomic E-state index is 11.5. The van der Waals surface area contributed by atoms with Crippen LogP contribution in [0.25, 0.3) is 0 Å². The van der Waals surface area contributed by atoms with E-state index in [-0.39, 0.29) is 24.4 Å². The summed E-state index contributed by atoms with van der Waals surface area (Å²) in [5.41, 5.74) is 0. The minimum atomic E-state index is -0.240. The molecule has 0 bridgehead atoms. The molecule has 0 aromatic carbocycles. The standard InChI is InChI=1S/C11H18N2O2/c1-6-10(14)13(9(3)4)8-11(15)12(5)7-2/h6-7,9H,1-2,8H2,3-5H3. The molecule has 0 aliphatic rings. The number of carbonyl (C=O) groups excluding carboxylic acids is 2. The fourth-order valence-electron chi connectivity index (χ4n) is 0.991. The van der Waals surface area contributed by atoms with Crippen LogP contribution in [-0.4, -0.2) is 41.2 Å². The van der Waals surface area contributed by atoms with Crippen LogP contribution in [0.2, 0.25) is 0 Å². The number of hydrogen-bond donors (Lipinski definition) is 0. The van der Waals surface area contributed by atoms with Crippen molar-refractivity contribution in [2.75, 3.05) is 13.6 Å². The number of hydrogen-bond acceptors (Lipinski definition) is 2. The van der Waals surface area contributed by atoms with Gasteiger partial charge >= 0.3 is 0 Å². The molecular formula is C11H18N2O2. The molecule has 0 unspecified atom stereocenters. The molecule has 0 heterocycles. The largest absolute Gasteiger partial charge is 0.327 e. The van der Waals surface area contributed by atoms with Crippen molar-refractivity contribution in [2.45, 2.75) is 19.9 Å². The van der Waals surface area contributed by atoms with Crippen LogP contribution in [-0.2, 0) is 9.59 Å². The zero-order chi connectivity index (χ0) is 12.0. The van der Waals surface area contributed by atoms with Gasteiger partial charge in [-0.3, -0.25) is 9.59 Å². The van der Waals surface area contributed by atoms with E-state index in [4.69, 9.17) is 0 Å². The van der Waals surface area contributed by atoms with Gasteiger partial charge in [0.05, 0.1) is 0 Å². The molecule has 4 nitrogen and oxygen atoms in total. The fraction of sp³-hybridized carbons (Fsp3) is 0.455. The fourth-order valence-corrected chi connectivity index (χ4v) is 0.991. The molecule has 0 saturated heterocycles. The van der Waals surface area contributed by atoms with Crippen LogP contribution < -0.4 is 0 Å². The van der Waals surface area contributed by atoms with E-state index in [1.807, 2.05) is 13.8 Å². The second kappa shape index (κ2) is 6.01. The van der Waals surface area contributed by atoms with Gasteiger partial charge in [0.1, 0.15) is 6.54 Å². The van der Waals surface area contributed by atoms with Crippen LogP contribution in [0.15, 0.2) is 25.4 Å². The van der Waals surface area contributed by atoms with Gasteiger partial charge in [0.15, 0.2) is 0 Å². The molecule has 84 valence electrons. The lowest BCUT2D eigenvalue weighted by atomic mass is 10.3. The summed E-state index contributed by atoms with van der Waals surface area (Å²) < 4.78 is 0. The molecule has 0 rings (SSSR count). The van der Waals surface area contributed by atoms with Crippen molar-refractivity contribution in [3.63, 3.8) is 0 Å². The van der Waals surface area contributed by atoms with Gasteiger partial charge in [-0.2, -0.15) is 0 Å². The SMILES string of the molecule is C=CC(=O)N(CC(=O)N(C)C=C)C(C)C. The molecule has 2 amide bonds. The molecule has 0 spiro atoms. The average Bonchev–Trinajstić information content (AvgIpc) is 2.22. The van der Waals surface area contributed by atoms with Gasteiger partial charge < -0.3 is 9.80 Å². The first-order valence-electron chi connectivity index (χ1n) is 4.75. The third-order valence-electron chi connectivity index (χ3n) is 2.05. The van der Waals surface area contributed by atoms with E-state index < -0.39 is 0 Å². The molecule has 0 fully saturated rings. The molecule has 0 atom stereocenters. The number of nitrogens with zero attached hydrogens (tertiary/aromatic N) is 2. The molecular weight excluding hydrogens is 192 g/mol. The van der Waals surface area contributed by atoms with Gasteiger partial charge in [-0.05, 0) is 26.1 Å². The van der Waals surface area contributed by atoms with Crippen LogP contribution in [0.5, 0.6) is 0 Å². The van der Waals surface area contributed by atoms with Crippen molar-refractivity contribution in [3.8, 4) is 0 Å². The lowest BCUT2D eigenvalue weighted by molar-refractivity contribution is -0.137. The van der Waals surface area contributed by atoms with Crippen molar-refractivity contribution in [1.29, 1.82) is 0 Å². The van der Waals surface area contributed by atoms with Gasteiger partial charge in [-0.25, -0.2) is 0 Å². The molecule has 0 saturated carbocycles. The first-order chi connectivity index (χ1) is 6.93. The van der Waals surface area contributed by atoms with Crippen LogP contribution in [0, 0.1) is 0 Å². The van der Waals surface area contributed by atoms with Crippen molar-refractivity contribution >= 4 is 11.8 Å². The lowest BCUT2D eigenvalue weighted by Gasteiger charge is -2.26. The quantitative estimate of drug-likeness (QED) is 0.635. The summed E-state index contributed by atoms with van der Waals surface area (Å²) in [6.07, 6.45) is 2.63. The molecule has 0 N–H and O–H groups in total. The van der Waals surface area contributed by atoms with Gasteiger partial charge in [-0.15, -0.1) is 0 Å². The molecule has 4 heteroatoms. The molecule has 0 aromatic rings. The maximum Gasteiger partial charge on any atom is 0.246 e. The minimum absolute atomic E-state index is 0.0299. The summed E-state index contributed by atoms with van der Waals surface area (Å²) in [5, 5.41) is 0. The van der Waals surface area contributed by atoms with Crippen molar-refractivity contribution in [1.82, 2.24) is 9.80 Å². The van der Waals surface area contributed by atoms with Gasteiger partial charge in [0, 0.05) is 13.1 Å². The van der Waals surface area contributed by atoms with E-state index >= 15 is 0 Å². The predicted octanol–water partition coefficient (Wildman–Crippen LogP) is 1.01. The molecule has 0 aliphatic heterocycles. The Morgan fingerprint density at radius 1 is 1.33 bits per heavy atom. The van der Waals surface area contributed by atoms with Crippen LogP contribution in [0.3, 0.4) is 0 Å². The summed E-state index contributed by atoms with van der Waals surface area (Å²) in [5.74, 6) is -0.412. The number of amides is 2. The second-order valence-electron chi connectivity index (χ2n) is 3.45. The van der Waals surface area contributed by atoms with Gasteiger partial charge in [0.2, 0.25) is 11.8 Å². The maximum absolute atomic E-state index is 11.5. The van der Waals surface area contributed by atoms with E-state index in [9.17, 15) is 9.59 Å². The van der Waals surface area contributed by atoms with Crippen molar-refractivity contribution in [2.24, 2.45) is 0 Å². The van der Waals surface area contributed by atoms with Gasteiger partial charge in [-0.1, -0.05) is 13.2 Å². The minimum Gasteiger partial charge on any atom is -0.327 e. The molecule has 0 aliphatic carbocycles. The Balaban J connectivity index is 4.55. The number of carbonyl (C=O) groups is 2. The smallest absolute Gasteiger partial charge is 0.246 e. The van der Waals surface area contributed by atoms with Gasteiger partial charge in [0.25, 0.3) is 0 Å². The van der Waals surface area contributed by atoms with Crippen LogP contribution in [0.4, 0.5) is 0 Å². The van der Waals surface area contributed by atoms with E-state index in [1.165, 1.54) is 22.1 Å². The number of rotatable bonds is 5. The zero-order valence-corrected chi connectivity index (χ0v) is 9.56. The van der Waals surface area contributed by atoms with E-state index in [2.05, 4.69) is 13.2 Å². The van der Waals surface area contributed by atoms with Crippen molar-refractivity contribution < 1.29 is 9.59 Å². The van der Waals surface area contributed by atoms with Crippen LogP contribution >= 0.6 is 0 Å². The average molecular weight is 210 g/mol. The summed E-state index contributed by atoms with van der Waals surface area (Å²) in [7, 11) is 1.60. The summed E-state index contributed by atoms with van der Waals surface area (Å²) in [6, 6.07) is -0.0299. The number of likely N-dealkylation sites (N-methyl/N-ethyl adjacent to an activating group) is 1. The Morgan fingerprint density at radius 2 is 1.87 bits per heavy atom. The Bertz CT molecular complexity index is 272. The Hall–Kier alpha value is -1.58. The third-order valence-corrected chi connectivity index (χ3v) is 2.05. The lowest BCUT2D eigenvalue weighted by Crippen LogP contribution is -2.42. The first-order valence-corrected chi connectivity index (χ1v) is 4.75. The zero-order valence-electron chi connectivity index (χ0n) is 9.56.